The van der Waals surface area contributed by atoms with Crippen LogP contribution in [0.2, 0.25) is 0 Å². The molecular weight excluding hydrogens is 442 g/mol. The van der Waals surface area contributed by atoms with Crippen molar-refractivity contribution in [3.63, 3.8) is 0 Å². The van der Waals surface area contributed by atoms with Crippen LogP contribution in [0.4, 0.5) is 5.69 Å². The van der Waals surface area contributed by atoms with Crippen LogP contribution < -0.4 is 10.6 Å². The van der Waals surface area contributed by atoms with Crippen LogP contribution >= 0.6 is 0 Å². The number of carbonyl (C=O) groups is 5. The van der Waals surface area contributed by atoms with Gasteiger partial charge in [0.25, 0.3) is 0 Å². The first-order valence-corrected chi connectivity index (χ1v) is 11.1. The van der Waals surface area contributed by atoms with Gasteiger partial charge in [-0.25, -0.2) is 0 Å². The number of aliphatic hydroxyl groups is 1. The highest BCUT2D eigenvalue weighted by atomic mass is 16.3. The zero-order valence-electron chi connectivity index (χ0n) is 19.8. The van der Waals surface area contributed by atoms with Gasteiger partial charge < -0.3 is 20.8 Å². The van der Waals surface area contributed by atoms with Crippen molar-refractivity contribution in [2.45, 2.75) is 31.4 Å². The molecule has 1 aromatic carbocycles. The Morgan fingerprint density at radius 3 is 2.26 bits per heavy atom. The predicted octanol–water partition coefficient (Wildman–Crippen LogP) is -0.759. The van der Waals surface area contributed by atoms with E-state index in [1.165, 1.54) is 4.90 Å². The molecule has 10 nitrogen and oxygen atoms in total. The quantitative estimate of drug-likeness (QED) is 0.482. The van der Waals surface area contributed by atoms with E-state index < -0.39 is 64.4 Å². The molecule has 1 aromatic rings. The van der Waals surface area contributed by atoms with E-state index in [1.54, 1.807) is 41.2 Å². The molecule has 0 saturated heterocycles. The van der Waals surface area contributed by atoms with Gasteiger partial charge in [-0.3, -0.25) is 28.9 Å². The molecule has 2 fully saturated rings. The van der Waals surface area contributed by atoms with Gasteiger partial charge in [-0.2, -0.15) is 0 Å². The van der Waals surface area contributed by atoms with Crippen molar-refractivity contribution in [3.05, 3.63) is 22.8 Å². The summed E-state index contributed by atoms with van der Waals surface area (Å²) in [7, 11) is 6.72. The average molecular weight is 472 g/mol. The van der Waals surface area contributed by atoms with Crippen molar-refractivity contribution in [3.8, 4) is 5.75 Å². The molecule has 3 aliphatic carbocycles. The lowest BCUT2D eigenvalue weighted by Crippen LogP contribution is -2.74. The summed E-state index contributed by atoms with van der Waals surface area (Å²) >= 11 is 0. The number of Topliss-reactive ketones (excluding diaryl/α,β-unsaturated/α-hetero) is 4. The van der Waals surface area contributed by atoms with E-state index in [0.29, 0.717) is 11.1 Å². The van der Waals surface area contributed by atoms with Crippen LogP contribution in [0.3, 0.4) is 0 Å². The van der Waals surface area contributed by atoms with Crippen molar-refractivity contribution in [1.82, 2.24) is 4.90 Å². The molecule has 0 aromatic heterocycles. The van der Waals surface area contributed by atoms with Gasteiger partial charge in [0.2, 0.25) is 5.91 Å². The van der Waals surface area contributed by atoms with Crippen LogP contribution in [0.15, 0.2) is 6.07 Å². The fraction of sp³-hybridized carbons (Fsp3) is 0.542. The lowest BCUT2D eigenvalue weighted by Gasteiger charge is -2.52. The van der Waals surface area contributed by atoms with Crippen LogP contribution in [0.25, 0.3) is 0 Å². The minimum Gasteiger partial charge on any atom is -0.507 e. The molecular formula is C24H29N3O7. The normalized spacial score (nSPS) is 32.9. The standard InChI is InChI=1S/C24H29N3O7/c1-9-6-13(26(2)3)11-7-10-8-12-17(27(4)5)20(30)16(23(25)33)22(32)24(12,34)21(31)14(10)19(29)15(11)18(9)28/h6,10,12,14,16-17,28,34H,7-8H2,1-5H3,(H2,25,33)/t10-,12-,14?,16?,17-,24-/m0/s1. The first-order chi connectivity index (χ1) is 15.7. The highest BCUT2D eigenvalue weighted by Gasteiger charge is 2.69. The molecule has 182 valence electrons. The van der Waals surface area contributed by atoms with Gasteiger partial charge in [-0.1, -0.05) is 0 Å². The Morgan fingerprint density at radius 2 is 1.74 bits per heavy atom. The molecule has 4 N–H and O–H groups in total. The Morgan fingerprint density at radius 1 is 1.12 bits per heavy atom. The van der Waals surface area contributed by atoms with Crippen LogP contribution in [0, 0.1) is 30.6 Å². The number of carbonyl (C=O) groups excluding carboxylic acids is 5. The smallest absolute Gasteiger partial charge is 0.235 e. The SMILES string of the molecule is Cc1cc(N(C)C)c2c(c1O)C(=O)C1C(=O)[C@]3(O)C(=O)C(C(N)=O)C(=O)[C@@H](N(C)C)[C@@H]3C[C@@H]1C2. The second-order valence-electron chi connectivity index (χ2n) is 10.1. The van der Waals surface area contributed by atoms with Crippen molar-refractivity contribution >= 4 is 34.7 Å². The summed E-state index contributed by atoms with van der Waals surface area (Å²) in [4.78, 5) is 69.0. The molecule has 3 aliphatic rings. The Hall–Kier alpha value is -3.11. The molecule has 2 saturated carbocycles. The predicted molar refractivity (Wildman–Crippen MR) is 120 cm³/mol. The summed E-state index contributed by atoms with van der Waals surface area (Å²) in [5.41, 5.74) is 4.38. The molecule has 2 unspecified atom stereocenters. The molecule has 34 heavy (non-hydrogen) atoms. The number of likely N-dealkylation sites (N-methyl/N-ethyl adjacent to an activating group) is 1. The van der Waals surface area contributed by atoms with Gasteiger partial charge in [-0.05, 0) is 57.0 Å². The summed E-state index contributed by atoms with van der Waals surface area (Å²) in [5.74, 6) is -10.3. The van der Waals surface area contributed by atoms with Crippen molar-refractivity contribution in [2.24, 2.45) is 29.4 Å². The first kappa shape index (κ1) is 24.0. The zero-order chi connectivity index (χ0) is 25.4. The third-order valence-electron chi connectivity index (χ3n) is 7.71. The number of fused-ring (bicyclic) bond motifs is 3. The number of anilines is 1. The number of benzene rings is 1. The zero-order valence-corrected chi connectivity index (χ0v) is 19.8. The van der Waals surface area contributed by atoms with E-state index in [-0.39, 0.29) is 24.2 Å². The number of phenols is 1. The number of aryl methyl sites for hydroxylation is 1. The molecule has 0 radical (unpaired) electrons. The number of nitrogens with zero attached hydrogens (tertiary/aromatic N) is 2. The lowest BCUT2D eigenvalue weighted by molar-refractivity contribution is -0.181. The molecule has 6 atom stereocenters. The molecule has 4 rings (SSSR count). The van der Waals surface area contributed by atoms with E-state index in [4.69, 9.17) is 5.73 Å². The van der Waals surface area contributed by atoms with Gasteiger partial charge in [0.15, 0.2) is 34.7 Å². The number of hydrogen-bond donors (Lipinski definition) is 3. The molecule has 0 bridgehead atoms. The number of phenolic OH excluding ortho intramolecular Hbond substituents is 1. The highest BCUT2D eigenvalue weighted by Crippen LogP contribution is 2.52. The Labute approximate surface area is 196 Å². The molecule has 0 heterocycles. The summed E-state index contributed by atoms with van der Waals surface area (Å²) < 4.78 is 0. The van der Waals surface area contributed by atoms with Gasteiger partial charge >= 0.3 is 0 Å². The monoisotopic (exact) mass is 471 g/mol. The number of ketones is 4. The van der Waals surface area contributed by atoms with Gasteiger partial charge in [0, 0.05) is 25.7 Å². The van der Waals surface area contributed by atoms with Gasteiger partial charge in [0.05, 0.1) is 17.5 Å². The molecule has 1 amide bonds. The average Bonchev–Trinajstić information content (AvgIpc) is 2.72. The second-order valence-corrected chi connectivity index (χ2v) is 10.1. The molecule has 0 spiro atoms. The fourth-order valence-corrected chi connectivity index (χ4v) is 6.18. The Kier molecular flexibility index (Phi) is 5.45. The minimum absolute atomic E-state index is 0.00953. The summed E-state index contributed by atoms with van der Waals surface area (Å²) in [6, 6.07) is 0.651. The van der Waals surface area contributed by atoms with E-state index in [1.807, 2.05) is 4.90 Å². The lowest BCUT2D eigenvalue weighted by atomic mass is 9.52. The van der Waals surface area contributed by atoms with Crippen LogP contribution in [-0.2, 0) is 25.6 Å². The van der Waals surface area contributed by atoms with E-state index in [9.17, 15) is 34.2 Å². The summed E-state index contributed by atoms with van der Waals surface area (Å²) in [5, 5.41) is 22.3. The summed E-state index contributed by atoms with van der Waals surface area (Å²) in [6.45, 7) is 1.64. The first-order valence-electron chi connectivity index (χ1n) is 11.1. The maximum absolute atomic E-state index is 13.7. The van der Waals surface area contributed by atoms with E-state index >= 15 is 0 Å². The maximum Gasteiger partial charge on any atom is 0.235 e. The van der Waals surface area contributed by atoms with Crippen molar-refractivity contribution in [1.29, 1.82) is 0 Å². The largest absolute Gasteiger partial charge is 0.507 e. The minimum atomic E-state index is -2.71. The maximum atomic E-state index is 13.7. The van der Waals surface area contributed by atoms with Gasteiger partial charge in [-0.15, -0.1) is 0 Å². The highest BCUT2D eigenvalue weighted by molar-refractivity contribution is 6.32. The number of nitrogens with two attached hydrogens (primary N) is 1. The van der Waals surface area contributed by atoms with E-state index in [2.05, 4.69) is 0 Å². The van der Waals surface area contributed by atoms with Crippen molar-refractivity contribution < 1.29 is 34.2 Å². The Bertz CT molecular complexity index is 1160. The van der Waals surface area contributed by atoms with Crippen molar-refractivity contribution in [2.75, 3.05) is 33.1 Å². The van der Waals surface area contributed by atoms with E-state index in [0.717, 1.165) is 5.69 Å². The third kappa shape index (κ3) is 2.98. The second kappa shape index (κ2) is 7.71. The third-order valence-corrected chi connectivity index (χ3v) is 7.71. The van der Waals surface area contributed by atoms with Crippen LogP contribution in [-0.4, -0.2) is 84.0 Å². The number of aromatic hydroxyl groups is 1. The van der Waals surface area contributed by atoms with Crippen LogP contribution in [0.5, 0.6) is 5.75 Å². The molecule has 10 heteroatoms. The number of primary amides is 1. The fourth-order valence-electron chi connectivity index (χ4n) is 6.18. The summed E-state index contributed by atoms with van der Waals surface area (Å²) in [6.07, 6.45) is 0.276. The Balaban J connectivity index is 1.91. The number of amides is 1. The number of rotatable bonds is 3. The topological polar surface area (TPSA) is 158 Å². The number of hydrogen-bond acceptors (Lipinski definition) is 9. The molecule has 0 aliphatic heterocycles. The van der Waals surface area contributed by atoms with Crippen LogP contribution in [0.1, 0.15) is 27.9 Å². The van der Waals surface area contributed by atoms with Gasteiger partial charge in [0.1, 0.15) is 5.75 Å².